The fourth-order valence-electron chi connectivity index (χ4n) is 1.40. The van der Waals surface area contributed by atoms with Crippen molar-refractivity contribution in [3.63, 3.8) is 0 Å². The largest absolute Gasteiger partial charge is 0.497 e. The molecule has 12 heavy (non-hydrogen) atoms. The molecule has 5 heteroatoms. The monoisotopic (exact) mass is 169 g/mol. The minimum absolute atomic E-state index is 0.0532. The Hall–Kier alpha value is -1.52. The maximum atomic E-state index is 10.9. The number of carbonyl (C=O) groups excluding carboxylic acids is 1. The standard InChI is InChI=1S/C7H7NO4/c9-6-1-4-2-12-3-5(7(10)11)8(4)6/h3-4H,1-2H2,(H,10,11). The molecule has 64 valence electrons. The number of fused-ring (bicyclic) bond motifs is 1. The quantitative estimate of drug-likeness (QED) is 0.539. The molecule has 1 fully saturated rings. The average molecular weight is 169 g/mol. The van der Waals surface area contributed by atoms with Gasteiger partial charge in [0.15, 0.2) is 5.70 Å². The Morgan fingerprint density at radius 3 is 3.00 bits per heavy atom. The van der Waals surface area contributed by atoms with Gasteiger partial charge in [0, 0.05) is 0 Å². The summed E-state index contributed by atoms with van der Waals surface area (Å²) in [6, 6.07) is -0.0615. The molecule has 2 aliphatic rings. The van der Waals surface area contributed by atoms with Crippen LogP contribution in [0.5, 0.6) is 0 Å². The van der Waals surface area contributed by atoms with E-state index in [1.165, 1.54) is 4.90 Å². The van der Waals surface area contributed by atoms with Gasteiger partial charge >= 0.3 is 5.97 Å². The molecule has 1 saturated heterocycles. The molecule has 1 amide bonds. The number of hydrogen-bond donors (Lipinski definition) is 1. The lowest BCUT2D eigenvalue weighted by Crippen LogP contribution is -2.56. The number of ether oxygens (including phenoxy) is 1. The molecule has 0 radical (unpaired) electrons. The van der Waals surface area contributed by atoms with Crippen LogP contribution in [0, 0.1) is 0 Å². The summed E-state index contributed by atoms with van der Waals surface area (Å²) in [6.07, 6.45) is 1.51. The number of nitrogens with zero attached hydrogens (tertiary/aromatic N) is 1. The van der Waals surface area contributed by atoms with Gasteiger partial charge in [-0.1, -0.05) is 0 Å². The van der Waals surface area contributed by atoms with Gasteiger partial charge in [0.2, 0.25) is 5.91 Å². The van der Waals surface area contributed by atoms with Crippen LogP contribution in [0.4, 0.5) is 0 Å². The van der Waals surface area contributed by atoms with E-state index in [2.05, 4.69) is 0 Å². The maximum absolute atomic E-state index is 10.9. The third kappa shape index (κ3) is 0.792. The number of hydrogen-bond acceptors (Lipinski definition) is 3. The van der Waals surface area contributed by atoms with Crippen molar-refractivity contribution in [3.05, 3.63) is 12.0 Å². The lowest BCUT2D eigenvalue weighted by molar-refractivity contribution is -0.153. The van der Waals surface area contributed by atoms with E-state index in [1.807, 2.05) is 0 Å². The van der Waals surface area contributed by atoms with E-state index in [1.54, 1.807) is 0 Å². The minimum Gasteiger partial charge on any atom is -0.497 e. The summed E-state index contributed by atoms with van der Waals surface area (Å²) in [5.74, 6) is -1.26. The van der Waals surface area contributed by atoms with Crippen molar-refractivity contribution in [2.45, 2.75) is 12.5 Å². The number of carboxylic acids is 1. The van der Waals surface area contributed by atoms with Crippen molar-refractivity contribution < 1.29 is 19.4 Å². The zero-order chi connectivity index (χ0) is 8.72. The molecule has 0 aliphatic carbocycles. The Labute approximate surface area is 68.2 Å². The van der Waals surface area contributed by atoms with Gasteiger partial charge in [-0.15, -0.1) is 0 Å². The van der Waals surface area contributed by atoms with Crippen molar-refractivity contribution in [1.82, 2.24) is 4.90 Å². The highest BCUT2D eigenvalue weighted by atomic mass is 16.5. The molecule has 0 spiro atoms. The van der Waals surface area contributed by atoms with Gasteiger partial charge in [0.25, 0.3) is 0 Å². The Balaban J connectivity index is 2.26. The van der Waals surface area contributed by atoms with E-state index in [-0.39, 0.29) is 17.6 Å². The second kappa shape index (κ2) is 2.23. The minimum atomic E-state index is -1.12. The van der Waals surface area contributed by atoms with Crippen LogP contribution in [-0.4, -0.2) is 34.5 Å². The first-order valence-corrected chi connectivity index (χ1v) is 3.57. The molecule has 0 aromatic carbocycles. The van der Waals surface area contributed by atoms with Gasteiger partial charge in [-0.3, -0.25) is 9.69 Å². The van der Waals surface area contributed by atoms with Crippen LogP contribution >= 0.6 is 0 Å². The zero-order valence-corrected chi connectivity index (χ0v) is 6.19. The fraction of sp³-hybridized carbons (Fsp3) is 0.429. The molecule has 2 aliphatic heterocycles. The third-order valence-corrected chi connectivity index (χ3v) is 2.01. The predicted octanol–water partition coefficient (Wildman–Crippen LogP) is -0.456. The first kappa shape index (κ1) is 7.15. The maximum Gasteiger partial charge on any atom is 0.355 e. The van der Waals surface area contributed by atoms with Crippen molar-refractivity contribution in [1.29, 1.82) is 0 Å². The van der Waals surface area contributed by atoms with Gasteiger partial charge in [0.1, 0.15) is 12.9 Å². The predicted molar refractivity (Wildman–Crippen MR) is 36.9 cm³/mol. The SMILES string of the molecule is O=C(O)C1=COCC2CC(=O)N12. The molecule has 0 aromatic heterocycles. The highest BCUT2D eigenvalue weighted by Gasteiger charge is 2.43. The zero-order valence-electron chi connectivity index (χ0n) is 6.19. The normalized spacial score (nSPS) is 26.7. The van der Waals surface area contributed by atoms with Gasteiger partial charge in [-0.2, -0.15) is 0 Å². The first-order chi connectivity index (χ1) is 5.70. The second-order valence-corrected chi connectivity index (χ2v) is 2.76. The number of β-lactam (4-membered cyclic amide) rings is 1. The number of aliphatic carboxylic acids is 1. The number of rotatable bonds is 1. The van der Waals surface area contributed by atoms with E-state index >= 15 is 0 Å². The highest BCUT2D eigenvalue weighted by molar-refractivity contribution is 5.96. The second-order valence-electron chi connectivity index (χ2n) is 2.76. The Kier molecular flexibility index (Phi) is 1.33. The molecule has 0 saturated carbocycles. The van der Waals surface area contributed by atoms with E-state index in [0.29, 0.717) is 13.0 Å². The van der Waals surface area contributed by atoms with Crippen LogP contribution in [0.25, 0.3) is 0 Å². The number of carboxylic acid groups (broad SMARTS) is 1. The van der Waals surface area contributed by atoms with Crippen LogP contribution in [-0.2, 0) is 14.3 Å². The molecule has 5 nitrogen and oxygen atoms in total. The summed E-state index contributed by atoms with van der Waals surface area (Å²) < 4.78 is 4.89. The lowest BCUT2D eigenvalue weighted by Gasteiger charge is -2.42. The summed E-state index contributed by atoms with van der Waals surface area (Å²) in [4.78, 5) is 22.8. The summed E-state index contributed by atoms with van der Waals surface area (Å²) in [5.41, 5.74) is -0.0532. The smallest absolute Gasteiger partial charge is 0.355 e. The molecule has 1 atom stereocenters. The number of amides is 1. The lowest BCUT2D eigenvalue weighted by atomic mass is 10.0. The topological polar surface area (TPSA) is 66.8 Å². The van der Waals surface area contributed by atoms with Crippen LogP contribution < -0.4 is 0 Å². The number of carbonyl (C=O) groups is 2. The molecule has 1 N–H and O–H groups in total. The van der Waals surface area contributed by atoms with Crippen LogP contribution in [0.2, 0.25) is 0 Å². The third-order valence-electron chi connectivity index (χ3n) is 2.01. The summed E-state index contributed by atoms with van der Waals surface area (Å²) in [6.45, 7) is 0.405. The average Bonchev–Trinajstić information content (AvgIpc) is 2.01. The van der Waals surface area contributed by atoms with E-state index in [9.17, 15) is 9.59 Å². The van der Waals surface area contributed by atoms with Crippen LogP contribution in [0.1, 0.15) is 6.42 Å². The van der Waals surface area contributed by atoms with Crippen LogP contribution in [0.15, 0.2) is 12.0 Å². The van der Waals surface area contributed by atoms with E-state index < -0.39 is 5.97 Å². The molecule has 2 rings (SSSR count). The summed E-state index contributed by atoms with van der Waals surface area (Å²) in [5, 5.41) is 8.64. The molecule has 1 unspecified atom stereocenters. The van der Waals surface area contributed by atoms with Crippen molar-refractivity contribution >= 4 is 11.9 Å². The highest BCUT2D eigenvalue weighted by Crippen LogP contribution is 2.28. The summed E-state index contributed by atoms with van der Waals surface area (Å²) >= 11 is 0. The Bertz CT molecular complexity index is 283. The first-order valence-electron chi connectivity index (χ1n) is 3.57. The Morgan fingerprint density at radius 1 is 1.75 bits per heavy atom. The van der Waals surface area contributed by atoms with Gasteiger partial charge < -0.3 is 9.84 Å². The van der Waals surface area contributed by atoms with E-state index in [0.717, 1.165) is 6.26 Å². The van der Waals surface area contributed by atoms with Crippen LogP contribution in [0.3, 0.4) is 0 Å². The van der Waals surface area contributed by atoms with Gasteiger partial charge in [0.05, 0.1) is 12.5 Å². The summed E-state index contributed by atoms with van der Waals surface area (Å²) in [7, 11) is 0. The molecule has 0 aromatic rings. The molecular weight excluding hydrogens is 162 g/mol. The molecule has 0 bridgehead atoms. The molecule has 2 heterocycles. The Morgan fingerprint density at radius 2 is 2.50 bits per heavy atom. The van der Waals surface area contributed by atoms with Crippen molar-refractivity contribution in [2.75, 3.05) is 6.61 Å². The molecular formula is C7H7NO4. The van der Waals surface area contributed by atoms with Gasteiger partial charge in [-0.25, -0.2) is 4.79 Å². The van der Waals surface area contributed by atoms with Crippen molar-refractivity contribution in [3.8, 4) is 0 Å². The van der Waals surface area contributed by atoms with E-state index in [4.69, 9.17) is 9.84 Å². The van der Waals surface area contributed by atoms with Crippen molar-refractivity contribution in [2.24, 2.45) is 0 Å². The fourth-order valence-corrected chi connectivity index (χ4v) is 1.40. The van der Waals surface area contributed by atoms with Gasteiger partial charge in [-0.05, 0) is 0 Å².